The van der Waals surface area contributed by atoms with Gasteiger partial charge < -0.3 is 10.3 Å². The highest BCUT2D eigenvalue weighted by Gasteiger charge is 2.24. The first kappa shape index (κ1) is 15.7. The summed E-state index contributed by atoms with van der Waals surface area (Å²) in [5.74, 6) is -0.111. The van der Waals surface area contributed by atoms with Gasteiger partial charge in [0.25, 0.3) is 5.91 Å². The van der Waals surface area contributed by atoms with Crippen molar-refractivity contribution < 1.29 is 4.79 Å². The van der Waals surface area contributed by atoms with Crippen LogP contribution in [0.1, 0.15) is 16.8 Å². The number of para-hydroxylation sites is 1. The third-order valence-corrected chi connectivity index (χ3v) is 5.04. The Morgan fingerprint density at radius 2 is 1.80 bits per heavy atom. The molecular weight excluding hydrogens is 330 g/mol. The summed E-state index contributed by atoms with van der Waals surface area (Å²) < 4.78 is 0. The van der Waals surface area contributed by atoms with Crippen LogP contribution in [-0.4, -0.2) is 16.1 Å². The van der Waals surface area contributed by atoms with Crippen LogP contribution in [-0.2, 0) is 4.79 Å². The number of aromatic nitrogens is 1. The molecule has 1 amide bonds. The average Bonchev–Trinajstić information content (AvgIpc) is 3.10. The van der Waals surface area contributed by atoms with E-state index in [-0.39, 0.29) is 5.91 Å². The first-order valence-electron chi connectivity index (χ1n) is 8.04. The normalized spacial score (nSPS) is 17.6. The Kier molecular flexibility index (Phi) is 3.93. The Labute approximate surface area is 150 Å². The fourth-order valence-electron chi connectivity index (χ4n) is 2.83. The second-order valence-corrected chi connectivity index (χ2v) is 7.06. The lowest BCUT2D eigenvalue weighted by Crippen LogP contribution is -2.19. The van der Waals surface area contributed by atoms with E-state index in [1.165, 1.54) is 17.3 Å². The number of nitrogens with one attached hydrogen (secondary N) is 2. The number of nitrogens with zero attached hydrogens (tertiary/aromatic N) is 1. The number of aliphatic imine (C=N–C) groups is 1. The van der Waals surface area contributed by atoms with Crippen molar-refractivity contribution in [1.82, 2.24) is 10.3 Å². The van der Waals surface area contributed by atoms with Crippen molar-refractivity contribution in [3.05, 3.63) is 70.3 Å². The minimum absolute atomic E-state index is 0.111. The maximum atomic E-state index is 12.3. The van der Waals surface area contributed by atoms with E-state index in [0.29, 0.717) is 10.1 Å². The fourth-order valence-corrected chi connectivity index (χ4v) is 3.66. The zero-order chi connectivity index (χ0) is 17.4. The minimum Gasteiger partial charge on any atom is -0.358 e. The molecular formula is C20H17N3OS. The molecule has 0 radical (unpaired) electrons. The molecule has 4 rings (SSSR count). The van der Waals surface area contributed by atoms with Gasteiger partial charge in [0.2, 0.25) is 0 Å². The number of carbonyl (C=O) groups is 1. The van der Waals surface area contributed by atoms with Crippen molar-refractivity contribution in [1.29, 1.82) is 0 Å². The van der Waals surface area contributed by atoms with Crippen LogP contribution in [0.5, 0.6) is 0 Å². The molecule has 5 heteroatoms. The van der Waals surface area contributed by atoms with Crippen LogP contribution in [0.2, 0.25) is 0 Å². The lowest BCUT2D eigenvalue weighted by atomic mass is 10.1. The van der Waals surface area contributed by atoms with Crippen LogP contribution in [0.15, 0.2) is 58.4 Å². The van der Waals surface area contributed by atoms with Crippen molar-refractivity contribution in [2.75, 3.05) is 0 Å². The number of amides is 1. The summed E-state index contributed by atoms with van der Waals surface area (Å²) in [5, 5.41) is 4.57. The van der Waals surface area contributed by atoms with Gasteiger partial charge in [0.15, 0.2) is 5.17 Å². The van der Waals surface area contributed by atoms with E-state index >= 15 is 0 Å². The van der Waals surface area contributed by atoms with Crippen molar-refractivity contribution in [2.24, 2.45) is 4.99 Å². The molecule has 2 aromatic carbocycles. The van der Waals surface area contributed by atoms with Gasteiger partial charge in [0.05, 0.1) is 10.6 Å². The quantitative estimate of drug-likeness (QED) is 0.662. The average molecular weight is 347 g/mol. The Morgan fingerprint density at radius 1 is 1.04 bits per heavy atom. The number of aromatic amines is 1. The second-order valence-electron chi connectivity index (χ2n) is 6.03. The molecule has 0 bridgehead atoms. The van der Waals surface area contributed by atoms with Gasteiger partial charge in [0, 0.05) is 22.2 Å². The van der Waals surface area contributed by atoms with E-state index in [9.17, 15) is 4.79 Å². The number of rotatable bonds is 2. The Bertz CT molecular complexity index is 1030. The SMILES string of the molecule is Cc1ccc(/N=C2\NC(=O)/C(=C/c3c(C)[nH]c4ccccc34)S2)cc1. The summed E-state index contributed by atoms with van der Waals surface area (Å²) in [7, 11) is 0. The lowest BCUT2D eigenvalue weighted by molar-refractivity contribution is -0.115. The fraction of sp³-hybridized carbons (Fsp3) is 0.100. The van der Waals surface area contributed by atoms with E-state index in [4.69, 9.17) is 0 Å². The summed E-state index contributed by atoms with van der Waals surface area (Å²) in [6, 6.07) is 16.0. The summed E-state index contributed by atoms with van der Waals surface area (Å²) in [6.07, 6.45) is 1.94. The number of benzene rings is 2. The number of hydrogen-bond donors (Lipinski definition) is 2. The molecule has 25 heavy (non-hydrogen) atoms. The van der Waals surface area contributed by atoms with Crippen molar-refractivity contribution in [2.45, 2.75) is 13.8 Å². The molecule has 1 aliphatic rings. The van der Waals surface area contributed by atoms with Gasteiger partial charge in [-0.3, -0.25) is 4.79 Å². The maximum absolute atomic E-state index is 12.3. The van der Waals surface area contributed by atoms with Crippen molar-refractivity contribution >= 4 is 45.5 Å². The van der Waals surface area contributed by atoms with E-state index in [1.807, 2.05) is 62.4 Å². The van der Waals surface area contributed by atoms with E-state index in [0.717, 1.165) is 27.8 Å². The Balaban J connectivity index is 1.67. The predicted molar refractivity (Wildman–Crippen MR) is 105 cm³/mol. The van der Waals surface area contributed by atoms with Gasteiger partial charge in [0.1, 0.15) is 0 Å². The van der Waals surface area contributed by atoms with Gasteiger partial charge in [-0.25, -0.2) is 4.99 Å². The zero-order valence-corrected chi connectivity index (χ0v) is 14.8. The highest BCUT2D eigenvalue weighted by molar-refractivity contribution is 8.18. The van der Waals surface area contributed by atoms with Crippen LogP contribution < -0.4 is 5.32 Å². The van der Waals surface area contributed by atoms with E-state index in [2.05, 4.69) is 21.4 Å². The summed E-state index contributed by atoms with van der Waals surface area (Å²) >= 11 is 1.37. The second kappa shape index (κ2) is 6.26. The molecule has 3 aromatic rings. The predicted octanol–water partition coefficient (Wildman–Crippen LogP) is 4.68. The van der Waals surface area contributed by atoms with Gasteiger partial charge in [-0.15, -0.1) is 0 Å². The molecule has 0 unspecified atom stereocenters. The number of amidine groups is 1. The number of aryl methyl sites for hydroxylation is 2. The van der Waals surface area contributed by atoms with Crippen LogP contribution in [0.25, 0.3) is 17.0 Å². The Morgan fingerprint density at radius 3 is 2.60 bits per heavy atom. The third-order valence-electron chi connectivity index (χ3n) is 4.13. The number of thioether (sulfide) groups is 1. The van der Waals surface area contributed by atoms with Gasteiger partial charge in [-0.05, 0) is 49.9 Å². The standard InChI is InChI=1S/C20H17N3OS/c1-12-7-9-14(10-8-12)22-20-23-19(24)18(25-20)11-16-13(2)21-17-6-4-3-5-15(16)17/h3-11,21H,1-2H3,(H,22,23,24)/b18-11-. The molecule has 1 fully saturated rings. The molecule has 0 saturated carbocycles. The number of hydrogen-bond acceptors (Lipinski definition) is 3. The van der Waals surface area contributed by atoms with Crippen LogP contribution in [0.3, 0.4) is 0 Å². The number of carbonyl (C=O) groups excluding carboxylic acids is 1. The monoisotopic (exact) mass is 347 g/mol. The summed E-state index contributed by atoms with van der Waals surface area (Å²) in [5.41, 5.74) is 5.18. The molecule has 0 atom stereocenters. The number of fused-ring (bicyclic) bond motifs is 1. The third kappa shape index (κ3) is 3.10. The molecule has 0 spiro atoms. The smallest absolute Gasteiger partial charge is 0.264 e. The van der Waals surface area contributed by atoms with E-state index < -0.39 is 0 Å². The van der Waals surface area contributed by atoms with Gasteiger partial charge in [-0.1, -0.05) is 35.9 Å². The van der Waals surface area contributed by atoms with Crippen LogP contribution >= 0.6 is 11.8 Å². The zero-order valence-electron chi connectivity index (χ0n) is 14.0. The molecule has 1 saturated heterocycles. The maximum Gasteiger partial charge on any atom is 0.264 e. The summed E-state index contributed by atoms with van der Waals surface area (Å²) in [4.78, 5) is 20.8. The molecule has 1 aliphatic heterocycles. The minimum atomic E-state index is -0.111. The highest BCUT2D eigenvalue weighted by atomic mass is 32.2. The molecule has 1 aromatic heterocycles. The van der Waals surface area contributed by atoms with Crippen LogP contribution in [0, 0.1) is 13.8 Å². The van der Waals surface area contributed by atoms with Crippen molar-refractivity contribution in [3.63, 3.8) is 0 Å². The van der Waals surface area contributed by atoms with E-state index in [1.54, 1.807) is 0 Å². The first-order valence-corrected chi connectivity index (χ1v) is 8.85. The molecule has 2 heterocycles. The first-order chi connectivity index (χ1) is 12.1. The lowest BCUT2D eigenvalue weighted by Gasteiger charge is -1.97. The highest BCUT2D eigenvalue weighted by Crippen LogP contribution is 2.31. The molecule has 0 aliphatic carbocycles. The largest absolute Gasteiger partial charge is 0.358 e. The molecule has 2 N–H and O–H groups in total. The van der Waals surface area contributed by atoms with Gasteiger partial charge in [-0.2, -0.15) is 0 Å². The Hall–Kier alpha value is -2.79. The topological polar surface area (TPSA) is 57.2 Å². The van der Waals surface area contributed by atoms with Crippen molar-refractivity contribution in [3.8, 4) is 0 Å². The van der Waals surface area contributed by atoms with Crippen LogP contribution in [0.4, 0.5) is 5.69 Å². The molecule has 4 nitrogen and oxygen atoms in total. The number of H-pyrrole nitrogens is 1. The summed E-state index contributed by atoms with van der Waals surface area (Å²) in [6.45, 7) is 4.05. The molecule has 124 valence electrons. The van der Waals surface area contributed by atoms with Gasteiger partial charge >= 0.3 is 0 Å².